The van der Waals surface area contributed by atoms with Crippen molar-refractivity contribution < 1.29 is 5.11 Å². The second-order valence-corrected chi connectivity index (χ2v) is 4.18. The lowest BCUT2D eigenvalue weighted by molar-refractivity contribution is 0.474. The Balaban J connectivity index is 3.55. The summed E-state index contributed by atoms with van der Waals surface area (Å²) in [6.07, 6.45) is 2.17. The first kappa shape index (κ1) is 10.8. The average molecular weight is 190 g/mol. The van der Waals surface area contributed by atoms with Crippen molar-refractivity contribution in [2.24, 2.45) is 5.92 Å². The maximum atomic E-state index is 9.40. The average Bonchev–Trinajstić information content (AvgIpc) is 2.01. The van der Waals surface area contributed by atoms with Crippen LogP contribution in [0.4, 0.5) is 0 Å². The number of rotatable bonds is 1. The molecule has 0 bridgehead atoms. The van der Waals surface area contributed by atoms with Gasteiger partial charge in [0.25, 0.3) is 0 Å². The van der Waals surface area contributed by atoms with Crippen LogP contribution in [0.15, 0.2) is 18.2 Å². The number of hydrogen-bond donors (Lipinski definition) is 1. The quantitative estimate of drug-likeness (QED) is 0.718. The second kappa shape index (κ2) is 4.32. The molecule has 1 aromatic carbocycles. The molecule has 1 N–H and O–H groups in total. The lowest BCUT2D eigenvalue weighted by atomic mass is 10.1. The largest absolute Gasteiger partial charge is 0.508 e. The van der Waals surface area contributed by atoms with Crippen LogP contribution >= 0.6 is 0 Å². The molecule has 0 saturated carbocycles. The van der Waals surface area contributed by atoms with Crippen molar-refractivity contribution in [1.82, 2.24) is 0 Å². The topological polar surface area (TPSA) is 20.2 Å². The first-order valence-electron chi connectivity index (χ1n) is 4.99. The van der Waals surface area contributed by atoms with Gasteiger partial charge in [-0.15, -0.1) is 0 Å². The highest BCUT2D eigenvalue weighted by atomic mass is 16.3. The van der Waals surface area contributed by atoms with Gasteiger partial charge in [-0.25, -0.2) is 0 Å². The first-order valence-corrected chi connectivity index (χ1v) is 4.99. The molecule has 0 unspecified atom stereocenters. The summed E-state index contributed by atoms with van der Waals surface area (Å²) in [6.45, 7) is 8.45. The SMILES string of the molecule is CC(C)=c1ccc(O)c/c1=C/C(C)C. The molecule has 0 fully saturated rings. The second-order valence-electron chi connectivity index (χ2n) is 4.18. The molecule has 0 amide bonds. The van der Waals surface area contributed by atoms with E-state index in [2.05, 4.69) is 33.8 Å². The molecule has 1 nitrogen and oxygen atoms in total. The molecule has 0 atom stereocenters. The van der Waals surface area contributed by atoms with Crippen molar-refractivity contribution in [3.63, 3.8) is 0 Å². The zero-order chi connectivity index (χ0) is 10.7. The van der Waals surface area contributed by atoms with Crippen LogP contribution in [-0.2, 0) is 0 Å². The Bertz CT molecular complexity index is 423. The van der Waals surface area contributed by atoms with E-state index < -0.39 is 0 Å². The summed E-state index contributed by atoms with van der Waals surface area (Å²) in [5.74, 6) is 0.830. The van der Waals surface area contributed by atoms with Crippen molar-refractivity contribution in [3.05, 3.63) is 28.6 Å². The van der Waals surface area contributed by atoms with Gasteiger partial charge in [-0.2, -0.15) is 0 Å². The van der Waals surface area contributed by atoms with Crippen LogP contribution in [0.2, 0.25) is 0 Å². The Kier molecular flexibility index (Phi) is 3.34. The van der Waals surface area contributed by atoms with Crippen molar-refractivity contribution in [3.8, 4) is 5.75 Å². The van der Waals surface area contributed by atoms with Gasteiger partial charge >= 0.3 is 0 Å². The van der Waals surface area contributed by atoms with Crippen LogP contribution < -0.4 is 10.4 Å². The Morgan fingerprint density at radius 2 is 1.93 bits per heavy atom. The van der Waals surface area contributed by atoms with Gasteiger partial charge in [-0.3, -0.25) is 0 Å². The maximum absolute atomic E-state index is 9.40. The van der Waals surface area contributed by atoms with E-state index >= 15 is 0 Å². The van der Waals surface area contributed by atoms with Crippen LogP contribution in [0.25, 0.3) is 11.6 Å². The molecule has 0 radical (unpaired) electrons. The van der Waals surface area contributed by atoms with Crippen molar-refractivity contribution in [2.75, 3.05) is 0 Å². The van der Waals surface area contributed by atoms with Crippen LogP contribution in [0.5, 0.6) is 5.75 Å². The first-order chi connectivity index (χ1) is 6.50. The normalized spacial score (nSPS) is 12.2. The molecule has 14 heavy (non-hydrogen) atoms. The molecule has 0 heterocycles. The molecule has 1 aromatic rings. The minimum Gasteiger partial charge on any atom is -0.508 e. The maximum Gasteiger partial charge on any atom is 0.116 e. The zero-order valence-corrected chi connectivity index (χ0v) is 9.33. The molecule has 0 aliphatic carbocycles. The van der Waals surface area contributed by atoms with Crippen LogP contribution in [0, 0.1) is 5.92 Å². The van der Waals surface area contributed by atoms with Gasteiger partial charge in [-0.05, 0) is 42.3 Å². The van der Waals surface area contributed by atoms with Gasteiger partial charge in [0.1, 0.15) is 5.75 Å². The summed E-state index contributed by atoms with van der Waals surface area (Å²) < 4.78 is 0. The van der Waals surface area contributed by atoms with Gasteiger partial charge in [0.05, 0.1) is 0 Å². The fraction of sp³-hybridized carbons (Fsp3) is 0.385. The van der Waals surface area contributed by atoms with Gasteiger partial charge < -0.3 is 5.11 Å². The van der Waals surface area contributed by atoms with E-state index in [-0.39, 0.29) is 0 Å². The number of benzene rings is 1. The predicted molar refractivity (Wildman–Crippen MR) is 61.4 cm³/mol. The summed E-state index contributed by atoms with van der Waals surface area (Å²) >= 11 is 0. The number of aromatic hydroxyl groups is 1. The van der Waals surface area contributed by atoms with Crippen LogP contribution in [-0.4, -0.2) is 5.11 Å². The third-order valence-corrected chi connectivity index (χ3v) is 2.09. The zero-order valence-electron chi connectivity index (χ0n) is 9.33. The van der Waals surface area contributed by atoms with Crippen LogP contribution in [0.1, 0.15) is 27.7 Å². The van der Waals surface area contributed by atoms with Crippen LogP contribution in [0.3, 0.4) is 0 Å². The predicted octanol–water partition coefficient (Wildman–Crippen LogP) is 2.02. The Morgan fingerprint density at radius 3 is 2.43 bits per heavy atom. The lowest BCUT2D eigenvalue weighted by Crippen LogP contribution is -2.26. The number of phenolic OH excluding ortho intramolecular Hbond substituents is 1. The molecule has 0 spiro atoms. The third-order valence-electron chi connectivity index (χ3n) is 2.09. The number of hydrogen-bond acceptors (Lipinski definition) is 1. The molecule has 1 heteroatoms. The summed E-state index contributed by atoms with van der Waals surface area (Å²) in [4.78, 5) is 0. The summed E-state index contributed by atoms with van der Waals surface area (Å²) in [6, 6.07) is 5.53. The smallest absolute Gasteiger partial charge is 0.116 e. The Labute approximate surface area is 85.4 Å². The highest BCUT2D eigenvalue weighted by Crippen LogP contribution is 2.00. The molecule has 1 rings (SSSR count). The number of phenols is 1. The lowest BCUT2D eigenvalue weighted by Gasteiger charge is -1.99. The summed E-state index contributed by atoms with van der Waals surface area (Å²) in [5, 5.41) is 11.7. The van der Waals surface area contributed by atoms with E-state index in [4.69, 9.17) is 0 Å². The highest BCUT2D eigenvalue weighted by Gasteiger charge is 1.93. The standard InChI is InChI=1S/C13H18O/c1-9(2)7-11-8-12(14)5-6-13(11)10(3)4/h5-9,14H,1-4H3/b11-7-. The van der Waals surface area contributed by atoms with Gasteiger partial charge in [-0.1, -0.05) is 31.6 Å². The van der Waals surface area contributed by atoms with E-state index in [1.54, 1.807) is 6.07 Å². The van der Waals surface area contributed by atoms with Crippen molar-refractivity contribution >= 4 is 11.6 Å². The van der Waals surface area contributed by atoms with Gasteiger partial charge in [0.2, 0.25) is 0 Å². The molecule has 0 aliphatic heterocycles. The molecular formula is C13H18O. The minimum absolute atomic E-state index is 0.335. The molecule has 76 valence electrons. The fourth-order valence-corrected chi connectivity index (χ4v) is 1.50. The molecule has 0 aliphatic rings. The summed E-state index contributed by atoms with van der Waals surface area (Å²) in [7, 11) is 0. The van der Waals surface area contributed by atoms with Gasteiger partial charge in [0.15, 0.2) is 0 Å². The minimum atomic E-state index is 0.335. The van der Waals surface area contributed by atoms with Crippen molar-refractivity contribution in [1.29, 1.82) is 0 Å². The van der Waals surface area contributed by atoms with Gasteiger partial charge in [0, 0.05) is 0 Å². The van der Waals surface area contributed by atoms with E-state index in [0.717, 1.165) is 5.22 Å². The molecular weight excluding hydrogens is 172 g/mol. The molecule has 0 saturated heterocycles. The van der Waals surface area contributed by atoms with E-state index in [1.807, 2.05) is 12.1 Å². The van der Waals surface area contributed by atoms with E-state index in [1.165, 1.54) is 10.8 Å². The van der Waals surface area contributed by atoms with E-state index in [9.17, 15) is 5.11 Å². The highest BCUT2D eigenvalue weighted by molar-refractivity contribution is 5.43. The molecule has 0 aromatic heterocycles. The van der Waals surface area contributed by atoms with Crippen molar-refractivity contribution in [2.45, 2.75) is 27.7 Å². The Morgan fingerprint density at radius 1 is 1.29 bits per heavy atom. The summed E-state index contributed by atoms with van der Waals surface area (Å²) in [5.41, 5.74) is 1.27. The monoisotopic (exact) mass is 190 g/mol. The Hall–Kier alpha value is -1.24. The van der Waals surface area contributed by atoms with E-state index in [0.29, 0.717) is 11.7 Å². The fourth-order valence-electron chi connectivity index (χ4n) is 1.50. The third kappa shape index (κ3) is 2.63.